The quantitative estimate of drug-likeness (QED) is 0.320. The molecular weight excluding hydrogens is 557 g/mol. The Morgan fingerprint density at radius 2 is 1.57 bits per heavy atom. The molecule has 0 aromatic heterocycles. The van der Waals surface area contributed by atoms with Crippen LogP contribution in [0.15, 0.2) is 41.3 Å². The van der Waals surface area contributed by atoms with Crippen LogP contribution >= 0.6 is 0 Å². The van der Waals surface area contributed by atoms with Crippen molar-refractivity contribution < 1.29 is 45.9 Å². The SMILES string of the molecule is O=C(NO)[C@H](CC1CCN(C(=O)N2CCOCC2)CC1)NS(=O)(=O)c1cc(F)c(Oc2ccc(F)cc2)c(F)c1. The van der Waals surface area contributed by atoms with Crippen LogP contribution in [0.4, 0.5) is 18.0 Å². The molecule has 2 fully saturated rings. The molecule has 0 bridgehead atoms. The van der Waals surface area contributed by atoms with Crippen LogP contribution in [0, 0.1) is 23.4 Å². The Kier molecular flexibility index (Phi) is 9.50. The van der Waals surface area contributed by atoms with Crippen LogP contribution in [0.3, 0.4) is 0 Å². The number of nitrogens with zero attached hydrogens (tertiary/aromatic N) is 2. The van der Waals surface area contributed by atoms with Crippen molar-refractivity contribution in [2.45, 2.75) is 30.2 Å². The molecule has 4 rings (SSSR count). The van der Waals surface area contributed by atoms with Gasteiger partial charge in [-0.15, -0.1) is 0 Å². The van der Waals surface area contributed by atoms with E-state index in [-0.39, 0.29) is 24.1 Å². The largest absolute Gasteiger partial charge is 0.451 e. The van der Waals surface area contributed by atoms with E-state index in [4.69, 9.17) is 9.47 Å². The zero-order chi connectivity index (χ0) is 28.9. The number of carbonyl (C=O) groups is 2. The number of amides is 3. The Balaban J connectivity index is 1.41. The molecule has 1 atom stereocenters. The number of rotatable bonds is 8. The molecule has 0 unspecified atom stereocenters. The smallest absolute Gasteiger partial charge is 0.320 e. The van der Waals surface area contributed by atoms with Gasteiger partial charge in [-0.1, -0.05) is 0 Å². The molecule has 2 aliphatic heterocycles. The third-order valence-electron chi connectivity index (χ3n) is 6.78. The maximum Gasteiger partial charge on any atom is 0.320 e. The molecule has 2 saturated heterocycles. The number of likely N-dealkylation sites (tertiary alicyclic amines) is 1. The van der Waals surface area contributed by atoms with Crippen molar-refractivity contribution in [2.75, 3.05) is 39.4 Å². The molecule has 0 saturated carbocycles. The van der Waals surface area contributed by atoms with E-state index < -0.39 is 50.1 Å². The van der Waals surface area contributed by atoms with E-state index in [9.17, 15) is 36.4 Å². The van der Waals surface area contributed by atoms with Crippen molar-refractivity contribution in [3.63, 3.8) is 0 Å². The molecule has 3 N–H and O–H groups in total. The number of benzene rings is 2. The lowest BCUT2D eigenvalue weighted by molar-refractivity contribution is -0.131. The van der Waals surface area contributed by atoms with Gasteiger partial charge in [0.05, 0.1) is 18.1 Å². The molecule has 2 aromatic rings. The summed E-state index contributed by atoms with van der Waals surface area (Å²) in [7, 11) is -4.63. The van der Waals surface area contributed by atoms with Crippen molar-refractivity contribution in [3.8, 4) is 11.5 Å². The Bertz CT molecular complexity index is 1290. The first kappa shape index (κ1) is 29.6. The first-order valence-corrected chi connectivity index (χ1v) is 14.1. The van der Waals surface area contributed by atoms with Gasteiger partial charge >= 0.3 is 6.03 Å². The molecule has 2 heterocycles. The van der Waals surface area contributed by atoms with Crippen LogP contribution in [0.25, 0.3) is 0 Å². The summed E-state index contributed by atoms with van der Waals surface area (Å²) >= 11 is 0. The van der Waals surface area contributed by atoms with E-state index in [1.54, 1.807) is 9.80 Å². The average Bonchev–Trinajstić information content (AvgIpc) is 2.95. The number of hydrogen-bond acceptors (Lipinski definition) is 7. The van der Waals surface area contributed by atoms with Gasteiger partial charge in [0.15, 0.2) is 17.4 Å². The maximum absolute atomic E-state index is 14.7. The molecule has 40 heavy (non-hydrogen) atoms. The van der Waals surface area contributed by atoms with Crippen LogP contribution in [0.2, 0.25) is 0 Å². The van der Waals surface area contributed by atoms with Gasteiger partial charge in [0, 0.05) is 26.2 Å². The van der Waals surface area contributed by atoms with Crippen molar-refractivity contribution in [1.82, 2.24) is 20.0 Å². The van der Waals surface area contributed by atoms with Gasteiger partial charge in [-0.05, 0) is 61.6 Å². The van der Waals surface area contributed by atoms with E-state index in [0.717, 1.165) is 24.3 Å². The number of hydrogen-bond donors (Lipinski definition) is 3. The lowest BCUT2D eigenvalue weighted by Gasteiger charge is -2.37. The van der Waals surface area contributed by atoms with Crippen LogP contribution in [-0.2, 0) is 19.6 Å². The predicted octanol–water partition coefficient (Wildman–Crippen LogP) is 2.60. The molecule has 0 radical (unpaired) electrons. The molecule has 3 amide bonds. The fourth-order valence-electron chi connectivity index (χ4n) is 4.60. The maximum atomic E-state index is 14.7. The number of urea groups is 1. The van der Waals surface area contributed by atoms with E-state index >= 15 is 0 Å². The van der Waals surface area contributed by atoms with E-state index in [1.807, 2.05) is 0 Å². The van der Waals surface area contributed by atoms with Crippen molar-refractivity contribution in [2.24, 2.45) is 5.92 Å². The van der Waals surface area contributed by atoms with E-state index in [0.29, 0.717) is 64.4 Å². The molecule has 0 spiro atoms. The summed E-state index contributed by atoms with van der Waals surface area (Å²) in [6.07, 6.45) is 0.930. The second-order valence-electron chi connectivity index (χ2n) is 9.47. The number of nitrogens with one attached hydrogen (secondary N) is 2. The van der Waals surface area contributed by atoms with Crippen LogP contribution in [-0.4, -0.2) is 80.8 Å². The highest BCUT2D eigenvalue weighted by molar-refractivity contribution is 7.89. The molecule has 218 valence electrons. The topological polar surface area (TPSA) is 138 Å². The second-order valence-corrected chi connectivity index (χ2v) is 11.2. The van der Waals surface area contributed by atoms with E-state index in [2.05, 4.69) is 4.72 Å². The number of morpholine rings is 1. The molecule has 0 aliphatic carbocycles. The summed E-state index contributed by atoms with van der Waals surface area (Å²) in [5.74, 6) is -5.48. The minimum Gasteiger partial charge on any atom is -0.451 e. The highest BCUT2D eigenvalue weighted by atomic mass is 32.2. The zero-order valence-electron chi connectivity index (χ0n) is 21.3. The summed E-state index contributed by atoms with van der Waals surface area (Å²) < 4.78 is 80.9. The molecule has 15 heteroatoms. The third-order valence-corrected chi connectivity index (χ3v) is 8.23. The van der Waals surface area contributed by atoms with Gasteiger partial charge in [0.1, 0.15) is 17.6 Å². The minimum absolute atomic E-state index is 0.0259. The summed E-state index contributed by atoms with van der Waals surface area (Å²) in [5, 5.41) is 9.18. The highest BCUT2D eigenvalue weighted by Crippen LogP contribution is 2.31. The molecule has 2 aliphatic rings. The third kappa shape index (κ3) is 7.21. The van der Waals surface area contributed by atoms with E-state index in [1.165, 1.54) is 5.48 Å². The van der Waals surface area contributed by atoms with Crippen LogP contribution < -0.4 is 14.9 Å². The second kappa shape index (κ2) is 12.8. The zero-order valence-corrected chi connectivity index (χ0v) is 22.1. The Morgan fingerprint density at radius 3 is 2.15 bits per heavy atom. The Morgan fingerprint density at radius 1 is 1.00 bits per heavy atom. The standard InChI is InChI=1S/C25H29F3N4O7S/c26-17-1-3-18(4-2-17)39-23-20(27)14-19(15-21(23)28)40(36,37)30-22(24(33)29-35)13-16-5-7-31(8-6-16)25(34)32-9-11-38-12-10-32/h1-4,14-16,22,30,35H,5-13H2,(H,29,33)/t22-/m0/s1. The monoisotopic (exact) mass is 586 g/mol. The number of hydroxylamine groups is 1. The van der Waals surface area contributed by atoms with Gasteiger partial charge in [-0.2, -0.15) is 4.72 Å². The van der Waals surface area contributed by atoms with Gasteiger partial charge in [0.25, 0.3) is 5.91 Å². The predicted molar refractivity (Wildman–Crippen MR) is 134 cm³/mol. The lowest BCUT2D eigenvalue weighted by atomic mass is 9.90. The van der Waals surface area contributed by atoms with Gasteiger partial charge in [0.2, 0.25) is 10.0 Å². The van der Waals surface area contributed by atoms with Gasteiger partial charge in [-0.25, -0.2) is 31.9 Å². The number of carbonyl (C=O) groups excluding carboxylic acids is 2. The molecular formula is C25H29F3N4O7S. The van der Waals surface area contributed by atoms with Crippen molar-refractivity contribution >= 4 is 22.0 Å². The summed E-state index contributed by atoms with van der Waals surface area (Å²) in [6, 6.07) is 3.80. The minimum atomic E-state index is -4.63. The number of sulfonamides is 1. The van der Waals surface area contributed by atoms with Gasteiger partial charge in [-0.3, -0.25) is 10.0 Å². The Hall–Kier alpha value is -3.40. The molecule has 11 nitrogen and oxygen atoms in total. The summed E-state index contributed by atoms with van der Waals surface area (Å²) in [6.45, 7) is 2.73. The summed E-state index contributed by atoms with van der Waals surface area (Å²) in [5.41, 5.74) is 1.42. The molecule has 2 aromatic carbocycles. The Labute approximate surface area is 228 Å². The highest BCUT2D eigenvalue weighted by Gasteiger charge is 2.33. The summed E-state index contributed by atoms with van der Waals surface area (Å²) in [4.78, 5) is 27.6. The van der Waals surface area contributed by atoms with Crippen molar-refractivity contribution in [1.29, 1.82) is 0 Å². The van der Waals surface area contributed by atoms with Crippen LogP contribution in [0.5, 0.6) is 11.5 Å². The number of halogens is 3. The van der Waals surface area contributed by atoms with Crippen LogP contribution in [0.1, 0.15) is 19.3 Å². The first-order chi connectivity index (χ1) is 19.1. The first-order valence-electron chi connectivity index (χ1n) is 12.6. The number of piperidine rings is 1. The number of ether oxygens (including phenoxy) is 2. The lowest BCUT2D eigenvalue weighted by Crippen LogP contribution is -2.51. The fraction of sp³-hybridized carbons (Fsp3) is 0.440. The van der Waals surface area contributed by atoms with Crippen molar-refractivity contribution in [3.05, 3.63) is 53.8 Å². The normalized spacial score (nSPS) is 17.4. The van der Waals surface area contributed by atoms with Gasteiger partial charge < -0.3 is 19.3 Å². The fourth-order valence-corrected chi connectivity index (χ4v) is 5.83. The average molecular weight is 587 g/mol.